The van der Waals surface area contributed by atoms with Crippen LogP contribution in [0.2, 0.25) is 0 Å². The number of alkyl halides is 1. The Bertz CT molecular complexity index is 976. The fourth-order valence-corrected chi connectivity index (χ4v) is 4.50. The van der Waals surface area contributed by atoms with E-state index in [1.807, 2.05) is 0 Å². The molecule has 306 valence electrons. The van der Waals surface area contributed by atoms with Gasteiger partial charge in [0.15, 0.2) is 0 Å². The molecule has 1 aliphatic rings. The minimum atomic E-state index is -0.280. The highest BCUT2D eigenvalue weighted by atomic mass is 35.5. The molecule has 0 fully saturated rings. The van der Waals surface area contributed by atoms with Crippen LogP contribution in [-0.4, -0.2) is 201 Å². The second-order valence-corrected chi connectivity index (χ2v) is 11.3. The maximum Gasteiger partial charge on any atom is 0.261 e. The van der Waals surface area contributed by atoms with E-state index in [1.54, 1.807) is 24.3 Å². The SMILES string of the molecule is O=C1c2ccccc2C(=O)N1CCOCCOCCOCCOCCOCCOCCOCCOCCOCCOCCOCCOCCOCCCl. The summed E-state index contributed by atoms with van der Waals surface area (Å²) in [5.41, 5.74) is 0.880. The second kappa shape index (κ2) is 35.8. The topological polar surface area (TPSA) is 157 Å². The summed E-state index contributed by atoms with van der Waals surface area (Å²) in [6.45, 7) is 12.6. The summed E-state index contributed by atoms with van der Waals surface area (Å²) in [7, 11) is 0. The van der Waals surface area contributed by atoms with Crippen LogP contribution in [0.1, 0.15) is 20.7 Å². The molecule has 0 aromatic heterocycles. The number of nitrogens with zero attached hydrogens (tertiary/aromatic N) is 1. The van der Waals surface area contributed by atoms with Crippen molar-refractivity contribution < 1.29 is 71.2 Å². The summed E-state index contributed by atoms with van der Waals surface area (Å²) in [6.07, 6.45) is 0. The van der Waals surface area contributed by atoms with Crippen LogP contribution in [0.25, 0.3) is 0 Å². The average Bonchev–Trinajstić information content (AvgIpc) is 3.42. The number of hydrogen-bond acceptors (Lipinski definition) is 15. The predicted octanol–water partition coefficient (Wildman–Crippen LogP) is 1.74. The van der Waals surface area contributed by atoms with Gasteiger partial charge < -0.3 is 61.6 Å². The largest absolute Gasteiger partial charge is 0.378 e. The maximum atomic E-state index is 12.3. The average molecular weight is 782 g/mol. The lowest BCUT2D eigenvalue weighted by Gasteiger charge is -2.13. The van der Waals surface area contributed by atoms with E-state index in [4.69, 9.17) is 73.2 Å². The predicted molar refractivity (Wildman–Crippen MR) is 193 cm³/mol. The molecule has 1 heterocycles. The zero-order valence-electron chi connectivity index (χ0n) is 31.1. The first-order valence-electron chi connectivity index (χ1n) is 18.3. The number of rotatable bonds is 41. The third kappa shape index (κ3) is 25.8. The monoisotopic (exact) mass is 781 g/mol. The van der Waals surface area contributed by atoms with Gasteiger partial charge in [0, 0.05) is 5.88 Å². The van der Waals surface area contributed by atoms with Crippen molar-refractivity contribution in [3.63, 3.8) is 0 Å². The first-order valence-corrected chi connectivity index (χ1v) is 18.8. The quantitative estimate of drug-likeness (QED) is 0.0537. The van der Waals surface area contributed by atoms with Gasteiger partial charge in [-0.1, -0.05) is 12.1 Å². The van der Waals surface area contributed by atoms with Crippen molar-refractivity contribution in [2.45, 2.75) is 0 Å². The van der Waals surface area contributed by atoms with Gasteiger partial charge in [0.1, 0.15) is 0 Å². The van der Waals surface area contributed by atoms with Crippen LogP contribution in [-0.2, 0) is 61.6 Å². The number of ether oxygens (including phenoxy) is 13. The van der Waals surface area contributed by atoms with E-state index in [2.05, 4.69) is 0 Å². The van der Waals surface area contributed by atoms with Crippen molar-refractivity contribution in [1.29, 1.82) is 0 Å². The van der Waals surface area contributed by atoms with Crippen molar-refractivity contribution >= 4 is 23.4 Å². The van der Waals surface area contributed by atoms with Crippen LogP contribution in [0.15, 0.2) is 24.3 Å². The van der Waals surface area contributed by atoms with Gasteiger partial charge in [0.2, 0.25) is 0 Å². The van der Waals surface area contributed by atoms with Crippen molar-refractivity contribution in [3.8, 4) is 0 Å². The summed E-state index contributed by atoms with van der Waals surface area (Å²) in [6, 6.07) is 6.81. The molecule has 16 nitrogen and oxygen atoms in total. The molecule has 0 atom stereocenters. The van der Waals surface area contributed by atoms with Crippen LogP contribution in [0, 0.1) is 0 Å². The molecular weight excluding hydrogens is 722 g/mol. The number of amides is 2. The van der Waals surface area contributed by atoms with Crippen molar-refractivity contribution in [3.05, 3.63) is 35.4 Å². The molecule has 0 radical (unpaired) electrons. The molecule has 1 aromatic carbocycles. The zero-order valence-corrected chi connectivity index (χ0v) is 31.8. The van der Waals surface area contributed by atoms with E-state index < -0.39 is 0 Å². The molecule has 0 aliphatic carbocycles. The van der Waals surface area contributed by atoms with Crippen LogP contribution in [0.3, 0.4) is 0 Å². The summed E-state index contributed by atoms with van der Waals surface area (Å²) in [5.74, 6) is -0.0688. The third-order valence-electron chi connectivity index (χ3n) is 7.02. The number of halogens is 1. The Labute approximate surface area is 318 Å². The molecule has 1 aliphatic heterocycles. The summed E-state index contributed by atoms with van der Waals surface area (Å²) < 4.78 is 70.8. The van der Waals surface area contributed by atoms with E-state index >= 15 is 0 Å². The summed E-state index contributed by atoms with van der Waals surface area (Å²) in [4.78, 5) is 25.8. The van der Waals surface area contributed by atoms with Gasteiger partial charge in [-0.15, -0.1) is 11.6 Å². The lowest BCUT2D eigenvalue weighted by atomic mass is 10.1. The van der Waals surface area contributed by atoms with Gasteiger partial charge in [-0.2, -0.15) is 0 Å². The van der Waals surface area contributed by atoms with E-state index in [-0.39, 0.29) is 25.0 Å². The number of hydrogen-bond donors (Lipinski definition) is 0. The highest BCUT2D eigenvalue weighted by molar-refractivity contribution is 6.21. The number of benzene rings is 1. The Kier molecular flexibility index (Phi) is 31.9. The first-order chi connectivity index (χ1) is 26.3. The van der Waals surface area contributed by atoms with Crippen LogP contribution >= 0.6 is 11.6 Å². The Morgan fingerprint density at radius 2 is 0.547 bits per heavy atom. The molecular formula is C36H60ClNO15. The van der Waals surface area contributed by atoms with Gasteiger partial charge >= 0.3 is 0 Å². The smallest absolute Gasteiger partial charge is 0.261 e. The highest BCUT2D eigenvalue weighted by Gasteiger charge is 2.34. The molecule has 1 aromatic rings. The fraction of sp³-hybridized carbons (Fsp3) is 0.778. The Morgan fingerprint density at radius 1 is 0.340 bits per heavy atom. The van der Waals surface area contributed by atoms with Crippen LogP contribution < -0.4 is 0 Å². The lowest BCUT2D eigenvalue weighted by molar-refractivity contribution is -0.0290. The summed E-state index contributed by atoms with van der Waals surface area (Å²) in [5, 5.41) is 0. The van der Waals surface area contributed by atoms with Crippen molar-refractivity contribution in [2.75, 3.05) is 184 Å². The molecule has 2 rings (SSSR count). The number of carbonyl (C=O) groups is 2. The van der Waals surface area contributed by atoms with Crippen molar-refractivity contribution in [1.82, 2.24) is 4.90 Å². The maximum absolute atomic E-state index is 12.3. The third-order valence-corrected chi connectivity index (χ3v) is 7.18. The first kappa shape index (κ1) is 47.3. The minimum Gasteiger partial charge on any atom is -0.378 e. The molecule has 2 amide bonds. The van der Waals surface area contributed by atoms with Crippen LogP contribution in [0.4, 0.5) is 0 Å². The summed E-state index contributed by atoms with van der Waals surface area (Å²) >= 11 is 5.51. The molecule has 0 saturated carbocycles. The molecule has 53 heavy (non-hydrogen) atoms. The van der Waals surface area contributed by atoms with E-state index in [9.17, 15) is 9.59 Å². The number of imide groups is 1. The van der Waals surface area contributed by atoms with Crippen molar-refractivity contribution in [2.24, 2.45) is 0 Å². The number of carbonyl (C=O) groups excluding carboxylic acids is 2. The molecule has 0 spiro atoms. The van der Waals surface area contributed by atoms with Crippen LogP contribution in [0.5, 0.6) is 0 Å². The zero-order chi connectivity index (χ0) is 37.7. The Balaban J connectivity index is 1.15. The van der Waals surface area contributed by atoms with Gasteiger partial charge in [0.05, 0.1) is 189 Å². The Morgan fingerprint density at radius 3 is 0.774 bits per heavy atom. The standard InChI is InChI=1S/C36H60ClNO15/c37-5-7-41-9-11-43-13-15-45-17-19-47-21-23-49-25-27-51-29-31-53-32-30-52-28-26-50-24-22-48-20-18-46-16-14-44-12-10-42-8-6-38-35(39)33-3-1-2-4-34(33)36(38)40/h1-4H,5-32H2. The number of fused-ring (bicyclic) bond motifs is 1. The minimum absolute atomic E-state index is 0.211. The normalized spacial score (nSPS) is 12.7. The van der Waals surface area contributed by atoms with Gasteiger partial charge in [-0.3, -0.25) is 14.5 Å². The van der Waals surface area contributed by atoms with E-state index in [1.165, 1.54) is 4.90 Å². The molecule has 0 N–H and O–H groups in total. The van der Waals surface area contributed by atoms with Gasteiger partial charge in [-0.05, 0) is 12.1 Å². The van der Waals surface area contributed by atoms with Gasteiger partial charge in [-0.25, -0.2) is 0 Å². The van der Waals surface area contributed by atoms with E-state index in [0.29, 0.717) is 182 Å². The molecule has 0 saturated heterocycles. The fourth-order valence-electron chi connectivity index (χ4n) is 4.39. The second-order valence-electron chi connectivity index (χ2n) is 11.0. The Hall–Kier alpha value is -1.87. The molecule has 0 unspecified atom stereocenters. The highest BCUT2D eigenvalue weighted by Crippen LogP contribution is 2.21. The van der Waals surface area contributed by atoms with E-state index in [0.717, 1.165) is 0 Å². The van der Waals surface area contributed by atoms with Gasteiger partial charge in [0.25, 0.3) is 11.8 Å². The lowest BCUT2D eigenvalue weighted by Crippen LogP contribution is -2.33. The molecule has 0 bridgehead atoms. The molecule has 17 heteroatoms.